The standard InChI is InChI=1S/C23H23N3O2/c1-17-9-6-7-12-19(17)15-24-22(27)20-13-8-14-21(25-20)23(28)26(2)16-18-10-4-3-5-11-18/h3-14H,15-16H2,1-2H3,(H,24,27). The molecule has 142 valence electrons. The second-order valence-electron chi connectivity index (χ2n) is 6.66. The SMILES string of the molecule is Cc1ccccc1CNC(=O)c1cccc(C(=O)N(C)Cc2ccccc2)n1. The number of hydrogen-bond acceptors (Lipinski definition) is 3. The molecule has 0 aliphatic rings. The Labute approximate surface area is 165 Å². The van der Waals surface area contributed by atoms with E-state index in [2.05, 4.69) is 10.3 Å². The molecule has 2 amide bonds. The lowest BCUT2D eigenvalue weighted by atomic mass is 10.1. The maximum atomic E-state index is 12.7. The molecule has 0 radical (unpaired) electrons. The number of nitrogens with zero attached hydrogens (tertiary/aromatic N) is 2. The molecule has 1 aromatic heterocycles. The number of carbonyl (C=O) groups excluding carboxylic acids is 2. The summed E-state index contributed by atoms with van der Waals surface area (Å²) >= 11 is 0. The number of aryl methyl sites for hydroxylation is 1. The smallest absolute Gasteiger partial charge is 0.272 e. The van der Waals surface area contributed by atoms with Crippen LogP contribution in [-0.4, -0.2) is 28.7 Å². The van der Waals surface area contributed by atoms with Gasteiger partial charge < -0.3 is 10.2 Å². The van der Waals surface area contributed by atoms with Crippen LogP contribution in [0.1, 0.15) is 37.7 Å². The number of amides is 2. The lowest BCUT2D eigenvalue weighted by Gasteiger charge is -2.17. The zero-order chi connectivity index (χ0) is 19.9. The lowest BCUT2D eigenvalue weighted by molar-refractivity contribution is 0.0779. The highest BCUT2D eigenvalue weighted by atomic mass is 16.2. The van der Waals surface area contributed by atoms with Crippen LogP contribution < -0.4 is 5.32 Å². The minimum absolute atomic E-state index is 0.225. The van der Waals surface area contributed by atoms with Crippen LogP contribution in [0.25, 0.3) is 0 Å². The van der Waals surface area contributed by atoms with E-state index in [1.165, 1.54) is 0 Å². The minimum atomic E-state index is -0.302. The van der Waals surface area contributed by atoms with Gasteiger partial charge in [0.25, 0.3) is 11.8 Å². The first-order valence-electron chi connectivity index (χ1n) is 9.14. The molecular formula is C23H23N3O2. The van der Waals surface area contributed by atoms with Gasteiger partial charge in [-0.15, -0.1) is 0 Å². The maximum Gasteiger partial charge on any atom is 0.272 e. The molecule has 28 heavy (non-hydrogen) atoms. The molecule has 0 aliphatic heterocycles. The average molecular weight is 373 g/mol. The number of carbonyl (C=O) groups is 2. The number of rotatable bonds is 6. The Bertz CT molecular complexity index is 970. The van der Waals surface area contributed by atoms with Crippen LogP contribution in [0.2, 0.25) is 0 Å². The van der Waals surface area contributed by atoms with Gasteiger partial charge in [-0.05, 0) is 35.7 Å². The lowest BCUT2D eigenvalue weighted by Crippen LogP contribution is -2.29. The van der Waals surface area contributed by atoms with Gasteiger partial charge in [0.05, 0.1) is 0 Å². The van der Waals surface area contributed by atoms with Crippen LogP contribution in [0, 0.1) is 6.92 Å². The first-order chi connectivity index (χ1) is 13.5. The predicted molar refractivity (Wildman–Crippen MR) is 109 cm³/mol. The summed E-state index contributed by atoms with van der Waals surface area (Å²) in [5, 5.41) is 2.86. The topological polar surface area (TPSA) is 62.3 Å². The third-order valence-electron chi connectivity index (χ3n) is 4.51. The predicted octanol–water partition coefficient (Wildman–Crippen LogP) is 3.59. The van der Waals surface area contributed by atoms with Crippen molar-refractivity contribution in [1.82, 2.24) is 15.2 Å². The van der Waals surface area contributed by atoms with E-state index < -0.39 is 0 Å². The molecule has 0 saturated heterocycles. The fourth-order valence-electron chi connectivity index (χ4n) is 2.88. The van der Waals surface area contributed by atoms with Crippen molar-refractivity contribution in [2.45, 2.75) is 20.0 Å². The molecule has 0 unspecified atom stereocenters. The van der Waals surface area contributed by atoms with Crippen molar-refractivity contribution in [3.8, 4) is 0 Å². The van der Waals surface area contributed by atoms with E-state index in [4.69, 9.17) is 0 Å². The Morgan fingerprint density at radius 1 is 0.893 bits per heavy atom. The molecule has 3 aromatic rings. The van der Waals surface area contributed by atoms with E-state index in [0.717, 1.165) is 16.7 Å². The van der Waals surface area contributed by atoms with Crippen LogP contribution in [0.5, 0.6) is 0 Å². The minimum Gasteiger partial charge on any atom is -0.347 e. The zero-order valence-electron chi connectivity index (χ0n) is 16.1. The maximum absolute atomic E-state index is 12.7. The summed E-state index contributed by atoms with van der Waals surface area (Å²) in [4.78, 5) is 31.0. The van der Waals surface area contributed by atoms with Gasteiger partial charge in [-0.1, -0.05) is 60.7 Å². The van der Waals surface area contributed by atoms with E-state index in [-0.39, 0.29) is 23.2 Å². The fraction of sp³-hybridized carbons (Fsp3) is 0.174. The fourth-order valence-corrected chi connectivity index (χ4v) is 2.88. The summed E-state index contributed by atoms with van der Waals surface area (Å²) in [5.41, 5.74) is 3.67. The molecule has 5 nitrogen and oxygen atoms in total. The summed E-state index contributed by atoms with van der Waals surface area (Å²) in [6.07, 6.45) is 0. The van der Waals surface area contributed by atoms with Crippen molar-refractivity contribution >= 4 is 11.8 Å². The first kappa shape index (κ1) is 19.3. The number of benzene rings is 2. The van der Waals surface area contributed by atoms with Crippen molar-refractivity contribution in [3.05, 3.63) is 101 Å². The van der Waals surface area contributed by atoms with Crippen LogP contribution in [0.4, 0.5) is 0 Å². The summed E-state index contributed by atoms with van der Waals surface area (Å²) in [7, 11) is 1.72. The molecule has 0 fully saturated rings. The Hall–Kier alpha value is -3.47. The Kier molecular flexibility index (Phi) is 6.17. The van der Waals surface area contributed by atoms with Gasteiger partial charge >= 0.3 is 0 Å². The Balaban J connectivity index is 1.66. The summed E-state index contributed by atoms with van der Waals surface area (Å²) in [6.45, 7) is 2.89. The van der Waals surface area contributed by atoms with E-state index in [9.17, 15) is 9.59 Å². The van der Waals surface area contributed by atoms with Crippen molar-refractivity contribution in [2.75, 3.05) is 7.05 Å². The van der Waals surface area contributed by atoms with Gasteiger partial charge in [-0.3, -0.25) is 9.59 Å². The molecule has 0 aliphatic carbocycles. The van der Waals surface area contributed by atoms with Gasteiger partial charge in [0.15, 0.2) is 0 Å². The van der Waals surface area contributed by atoms with E-state index in [1.807, 2.05) is 61.5 Å². The Morgan fingerprint density at radius 3 is 2.32 bits per heavy atom. The molecular weight excluding hydrogens is 350 g/mol. The molecule has 2 aromatic carbocycles. The second kappa shape index (κ2) is 8.95. The van der Waals surface area contributed by atoms with Crippen molar-refractivity contribution in [2.24, 2.45) is 0 Å². The summed E-state index contributed by atoms with van der Waals surface area (Å²) in [6, 6.07) is 22.5. The van der Waals surface area contributed by atoms with Crippen LogP contribution in [-0.2, 0) is 13.1 Å². The van der Waals surface area contributed by atoms with Crippen molar-refractivity contribution in [1.29, 1.82) is 0 Å². The second-order valence-corrected chi connectivity index (χ2v) is 6.66. The van der Waals surface area contributed by atoms with E-state index in [0.29, 0.717) is 13.1 Å². The van der Waals surface area contributed by atoms with Gasteiger partial charge in [0.2, 0.25) is 0 Å². The molecule has 1 heterocycles. The van der Waals surface area contributed by atoms with E-state index >= 15 is 0 Å². The largest absolute Gasteiger partial charge is 0.347 e. The quantitative estimate of drug-likeness (QED) is 0.718. The summed E-state index contributed by atoms with van der Waals surface area (Å²) in [5.74, 6) is -0.527. The Morgan fingerprint density at radius 2 is 1.57 bits per heavy atom. The monoisotopic (exact) mass is 373 g/mol. The van der Waals surface area contributed by atoms with Crippen molar-refractivity contribution in [3.63, 3.8) is 0 Å². The van der Waals surface area contributed by atoms with Gasteiger partial charge in [0.1, 0.15) is 11.4 Å². The molecule has 0 saturated carbocycles. The molecule has 0 atom stereocenters. The van der Waals surface area contributed by atoms with Crippen molar-refractivity contribution < 1.29 is 9.59 Å². The molecule has 5 heteroatoms. The van der Waals surface area contributed by atoms with Gasteiger partial charge in [-0.2, -0.15) is 0 Å². The highest BCUT2D eigenvalue weighted by Gasteiger charge is 2.16. The third-order valence-corrected chi connectivity index (χ3v) is 4.51. The molecule has 3 rings (SSSR count). The van der Waals surface area contributed by atoms with E-state index in [1.54, 1.807) is 30.1 Å². The molecule has 1 N–H and O–H groups in total. The number of nitrogens with one attached hydrogen (secondary N) is 1. The highest BCUT2D eigenvalue weighted by molar-refractivity contribution is 5.96. The number of pyridine rings is 1. The van der Waals surface area contributed by atoms with Gasteiger partial charge in [0, 0.05) is 20.1 Å². The number of aromatic nitrogens is 1. The van der Waals surface area contributed by atoms with Crippen LogP contribution in [0.15, 0.2) is 72.8 Å². The highest BCUT2D eigenvalue weighted by Crippen LogP contribution is 2.09. The first-order valence-corrected chi connectivity index (χ1v) is 9.14. The number of hydrogen-bond donors (Lipinski definition) is 1. The van der Waals surface area contributed by atoms with Crippen LogP contribution >= 0.6 is 0 Å². The third kappa shape index (κ3) is 4.82. The van der Waals surface area contributed by atoms with Crippen LogP contribution in [0.3, 0.4) is 0 Å². The molecule has 0 spiro atoms. The zero-order valence-corrected chi connectivity index (χ0v) is 16.1. The molecule has 0 bridgehead atoms. The average Bonchev–Trinajstić information content (AvgIpc) is 2.73. The normalized spacial score (nSPS) is 10.4. The summed E-state index contributed by atoms with van der Waals surface area (Å²) < 4.78 is 0. The van der Waals surface area contributed by atoms with Gasteiger partial charge in [-0.25, -0.2) is 4.98 Å².